The zero-order chi connectivity index (χ0) is 24.9. The molecule has 0 saturated carbocycles. The van der Waals surface area contributed by atoms with Gasteiger partial charge in [0.15, 0.2) is 6.10 Å². The number of amides is 2. The summed E-state index contributed by atoms with van der Waals surface area (Å²) < 4.78 is 46.4. The van der Waals surface area contributed by atoms with E-state index in [1.54, 1.807) is 31.2 Å². The van der Waals surface area contributed by atoms with Crippen molar-refractivity contribution in [3.8, 4) is 5.75 Å². The van der Waals surface area contributed by atoms with Crippen LogP contribution in [0.1, 0.15) is 28.4 Å². The molecule has 0 aliphatic carbocycles. The highest BCUT2D eigenvalue weighted by atomic mass is 32.2. The summed E-state index contributed by atoms with van der Waals surface area (Å²) in [6.07, 6.45) is -0.989. The number of carbonyl (C=O) groups excluding carboxylic acids is 2. The lowest BCUT2D eigenvalue weighted by Crippen LogP contribution is -2.47. The Hall–Kier alpha value is -3.92. The maximum Gasteiger partial charge on any atom is 0.279 e. The summed E-state index contributed by atoms with van der Waals surface area (Å²) in [7, 11) is -3.95. The number of carbonyl (C=O) groups is 2. The number of aryl methyl sites for hydroxylation is 2. The Morgan fingerprint density at radius 3 is 2.21 bits per heavy atom. The molecule has 1 unspecified atom stereocenters. The molecule has 0 aromatic heterocycles. The van der Waals surface area contributed by atoms with Crippen LogP contribution in [0.2, 0.25) is 0 Å². The SMILES string of the molecule is Cc1ccc(NS(=O)(=O)c2ccc(C)c(C(=O)NNC(=O)C(C)Oc3ccc(F)cc3)c2)cc1. The minimum atomic E-state index is -3.95. The van der Waals surface area contributed by atoms with Crippen LogP contribution in [0.15, 0.2) is 71.6 Å². The molecule has 178 valence electrons. The number of hydrogen-bond donors (Lipinski definition) is 3. The average Bonchev–Trinajstić information content (AvgIpc) is 2.80. The van der Waals surface area contributed by atoms with Gasteiger partial charge in [0.05, 0.1) is 4.90 Å². The first kappa shape index (κ1) is 24.7. The van der Waals surface area contributed by atoms with Gasteiger partial charge in [0.25, 0.3) is 21.8 Å². The highest BCUT2D eigenvalue weighted by Gasteiger charge is 2.20. The monoisotopic (exact) mass is 485 g/mol. The third-order valence-corrected chi connectivity index (χ3v) is 6.24. The summed E-state index contributed by atoms with van der Waals surface area (Å²) in [5.74, 6) is -1.51. The van der Waals surface area contributed by atoms with E-state index >= 15 is 0 Å². The molecular formula is C24H24FN3O5S. The lowest BCUT2D eigenvalue weighted by Gasteiger charge is -2.16. The van der Waals surface area contributed by atoms with Gasteiger partial charge in [-0.05, 0) is 74.9 Å². The van der Waals surface area contributed by atoms with E-state index in [0.717, 1.165) is 5.56 Å². The average molecular weight is 486 g/mol. The van der Waals surface area contributed by atoms with Gasteiger partial charge in [-0.1, -0.05) is 23.8 Å². The van der Waals surface area contributed by atoms with Crippen molar-refractivity contribution in [2.24, 2.45) is 0 Å². The quantitative estimate of drug-likeness (QED) is 0.444. The minimum Gasteiger partial charge on any atom is -0.481 e. The third kappa shape index (κ3) is 6.32. The van der Waals surface area contributed by atoms with Crippen LogP contribution in [0.4, 0.5) is 10.1 Å². The fourth-order valence-electron chi connectivity index (χ4n) is 2.91. The molecular weight excluding hydrogens is 461 g/mol. The molecule has 0 bridgehead atoms. The molecule has 3 N–H and O–H groups in total. The number of sulfonamides is 1. The molecule has 2 amide bonds. The molecule has 10 heteroatoms. The molecule has 3 rings (SSSR count). The maximum absolute atomic E-state index is 13.0. The van der Waals surface area contributed by atoms with Crippen LogP contribution in [0.3, 0.4) is 0 Å². The second-order valence-electron chi connectivity index (χ2n) is 7.61. The molecule has 0 aliphatic heterocycles. The number of benzene rings is 3. The van der Waals surface area contributed by atoms with Gasteiger partial charge in [-0.25, -0.2) is 12.8 Å². The number of hydrogen-bond acceptors (Lipinski definition) is 5. The minimum absolute atomic E-state index is 0.0687. The zero-order valence-electron chi connectivity index (χ0n) is 18.8. The van der Waals surface area contributed by atoms with Crippen LogP contribution in [0.25, 0.3) is 0 Å². The van der Waals surface area contributed by atoms with E-state index in [1.807, 2.05) is 6.92 Å². The Balaban J connectivity index is 1.66. The van der Waals surface area contributed by atoms with E-state index in [4.69, 9.17) is 4.74 Å². The van der Waals surface area contributed by atoms with Gasteiger partial charge in [0.1, 0.15) is 11.6 Å². The number of halogens is 1. The van der Waals surface area contributed by atoms with Crippen LogP contribution in [-0.4, -0.2) is 26.3 Å². The topological polar surface area (TPSA) is 114 Å². The Morgan fingerprint density at radius 1 is 0.912 bits per heavy atom. The largest absolute Gasteiger partial charge is 0.481 e. The molecule has 0 radical (unpaired) electrons. The smallest absolute Gasteiger partial charge is 0.279 e. The van der Waals surface area contributed by atoms with Gasteiger partial charge in [-0.3, -0.25) is 25.2 Å². The predicted molar refractivity (Wildman–Crippen MR) is 125 cm³/mol. The van der Waals surface area contributed by atoms with Crippen molar-refractivity contribution in [2.45, 2.75) is 31.8 Å². The summed E-state index contributed by atoms with van der Waals surface area (Å²) in [6, 6.07) is 16.1. The fraction of sp³-hybridized carbons (Fsp3) is 0.167. The molecule has 0 heterocycles. The van der Waals surface area contributed by atoms with Crippen LogP contribution in [0.5, 0.6) is 5.75 Å². The van der Waals surface area contributed by atoms with Crippen molar-refractivity contribution in [3.05, 3.63) is 89.2 Å². The molecule has 8 nitrogen and oxygen atoms in total. The van der Waals surface area contributed by atoms with Gasteiger partial charge in [0, 0.05) is 11.3 Å². The molecule has 3 aromatic carbocycles. The first-order valence-corrected chi connectivity index (χ1v) is 11.8. The summed E-state index contributed by atoms with van der Waals surface area (Å²) in [6.45, 7) is 4.98. The van der Waals surface area contributed by atoms with Gasteiger partial charge < -0.3 is 4.74 Å². The summed E-state index contributed by atoms with van der Waals surface area (Å²) in [5, 5.41) is 0. The number of anilines is 1. The van der Waals surface area contributed by atoms with E-state index < -0.39 is 33.8 Å². The van der Waals surface area contributed by atoms with Crippen LogP contribution >= 0.6 is 0 Å². The summed E-state index contributed by atoms with van der Waals surface area (Å²) in [4.78, 5) is 24.8. The van der Waals surface area contributed by atoms with Gasteiger partial charge >= 0.3 is 0 Å². The Kier molecular flexibility index (Phi) is 7.52. The maximum atomic E-state index is 13.0. The van der Waals surface area contributed by atoms with Gasteiger partial charge in [-0.2, -0.15) is 0 Å². The Morgan fingerprint density at radius 2 is 1.56 bits per heavy atom. The van der Waals surface area contributed by atoms with Crippen molar-refractivity contribution in [1.82, 2.24) is 10.9 Å². The van der Waals surface area contributed by atoms with Crippen LogP contribution < -0.4 is 20.3 Å². The number of nitrogens with one attached hydrogen (secondary N) is 3. The third-order valence-electron chi connectivity index (χ3n) is 4.86. The van der Waals surface area contributed by atoms with E-state index in [0.29, 0.717) is 11.3 Å². The van der Waals surface area contributed by atoms with Gasteiger partial charge in [0.2, 0.25) is 0 Å². The van der Waals surface area contributed by atoms with E-state index in [9.17, 15) is 22.4 Å². The lowest BCUT2D eigenvalue weighted by molar-refractivity contribution is -0.128. The molecule has 34 heavy (non-hydrogen) atoms. The zero-order valence-corrected chi connectivity index (χ0v) is 19.6. The van der Waals surface area contributed by atoms with E-state index in [1.165, 1.54) is 49.4 Å². The van der Waals surface area contributed by atoms with Crippen molar-refractivity contribution >= 4 is 27.5 Å². The first-order valence-electron chi connectivity index (χ1n) is 10.3. The number of hydrazine groups is 1. The Bertz CT molecular complexity index is 1290. The molecule has 0 spiro atoms. The van der Waals surface area contributed by atoms with Crippen molar-refractivity contribution in [2.75, 3.05) is 4.72 Å². The van der Waals surface area contributed by atoms with Crippen molar-refractivity contribution in [1.29, 1.82) is 0 Å². The van der Waals surface area contributed by atoms with Crippen LogP contribution in [0, 0.1) is 19.7 Å². The number of ether oxygens (including phenoxy) is 1. The molecule has 1 atom stereocenters. The molecule has 3 aromatic rings. The highest BCUT2D eigenvalue weighted by molar-refractivity contribution is 7.92. The molecule has 0 fully saturated rings. The van der Waals surface area contributed by atoms with E-state index in [-0.39, 0.29) is 16.2 Å². The highest BCUT2D eigenvalue weighted by Crippen LogP contribution is 2.20. The number of rotatable bonds is 7. The van der Waals surface area contributed by atoms with Crippen molar-refractivity contribution < 1.29 is 27.1 Å². The normalized spacial score (nSPS) is 11.9. The molecule has 0 saturated heterocycles. The first-order chi connectivity index (χ1) is 16.0. The summed E-state index contributed by atoms with van der Waals surface area (Å²) in [5.41, 5.74) is 6.45. The standard InChI is InChI=1S/C24H24FN3O5S/c1-15-4-9-19(10-5-15)28-34(31,32)21-13-6-16(2)22(14-21)24(30)27-26-23(29)17(3)33-20-11-7-18(25)8-12-20/h4-14,17,28H,1-3H3,(H,26,29)(H,27,30). The second-order valence-corrected chi connectivity index (χ2v) is 9.29. The fourth-order valence-corrected chi connectivity index (χ4v) is 3.99. The second kappa shape index (κ2) is 10.3. The van der Waals surface area contributed by atoms with Gasteiger partial charge in [-0.15, -0.1) is 0 Å². The van der Waals surface area contributed by atoms with E-state index in [2.05, 4.69) is 15.6 Å². The molecule has 0 aliphatic rings. The Labute approximate surface area is 197 Å². The van der Waals surface area contributed by atoms with Crippen molar-refractivity contribution in [3.63, 3.8) is 0 Å². The summed E-state index contributed by atoms with van der Waals surface area (Å²) >= 11 is 0. The predicted octanol–water partition coefficient (Wildman–Crippen LogP) is 3.47. The van der Waals surface area contributed by atoms with Crippen LogP contribution in [-0.2, 0) is 14.8 Å². The lowest BCUT2D eigenvalue weighted by atomic mass is 10.1.